The van der Waals surface area contributed by atoms with Gasteiger partial charge in [0.05, 0.1) is 19.3 Å². The van der Waals surface area contributed by atoms with E-state index in [1.165, 1.54) is 7.11 Å². The summed E-state index contributed by atoms with van der Waals surface area (Å²) in [5, 5.41) is 17.7. The van der Waals surface area contributed by atoms with Gasteiger partial charge in [0.25, 0.3) is 0 Å². The molecule has 1 heterocycles. The highest BCUT2D eigenvalue weighted by Gasteiger charge is 2.39. The summed E-state index contributed by atoms with van der Waals surface area (Å²) in [5.74, 6) is 0. The molecule has 0 spiro atoms. The molecule has 1 aliphatic rings. The predicted octanol–water partition coefficient (Wildman–Crippen LogP) is -0.199. The molecule has 0 aliphatic carbocycles. The first kappa shape index (κ1) is 16.1. The molecule has 2 N–H and O–H groups in total. The molecular weight excluding hydrogens is 262 g/mol. The molecule has 0 saturated carbocycles. The Labute approximate surface area is 107 Å². The number of ether oxygens (including phenoxy) is 1. The van der Waals surface area contributed by atoms with Crippen molar-refractivity contribution < 1.29 is 33.1 Å². The number of phosphoric acid groups is 1. The van der Waals surface area contributed by atoms with Crippen molar-refractivity contribution >= 4 is 15.7 Å². The van der Waals surface area contributed by atoms with Crippen LogP contribution in [0.1, 0.15) is 12.8 Å². The van der Waals surface area contributed by atoms with E-state index in [9.17, 15) is 4.57 Å². The molecule has 0 aromatic rings. The van der Waals surface area contributed by atoms with E-state index in [-0.39, 0.29) is 19.8 Å². The van der Waals surface area contributed by atoms with Crippen molar-refractivity contribution in [3.63, 3.8) is 0 Å². The molecule has 7 nitrogen and oxygen atoms in total. The molecule has 1 saturated heterocycles. The molecule has 104 valence electrons. The van der Waals surface area contributed by atoms with E-state index in [0.29, 0.717) is 12.8 Å². The van der Waals surface area contributed by atoms with Gasteiger partial charge in [0.1, 0.15) is 14.0 Å². The van der Waals surface area contributed by atoms with Crippen LogP contribution in [0.4, 0.5) is 0 Å². The maximum atomic E-state index is 12.1. The first-order valence-electron chi connectivity index (χ1n) is 5.66. The second-order valence-corrected chi connectivity index (χ2v) is 5.54. The normalized spacial score (nSPS) is 31.4. The zero-order chi connectivity index (χ0) is 13.6. The number of aliphatic hydroxyl groups is 2. The predicted molar refractivity (Wildman–Crippen MR) is 63.3 cm³/mol. The Bertz CT molecular complexity index is 290. The van der Waals surface area contributed by atoms with Crippen molar-refractivity contribution in [3.8, 4) is 0 Å². The Morgan fingerprint density at radius 1 is 1.50 bits per heavy atom. The summed E-state index contributed by atoms with van der Waals surface area (Å²) in [5.41, 5.74) is 0. The smallest absolute Gasteiger partial charge is 0.396 e. The fourth-order valence-electron chi connectivity index (χ4n) is 1.55. The second kappa shape index (κ2) is 7.60. The van der Waals surface area contributed by atoms with Gasteiger partial charge >= 0.3 is 7.82 Å². The highest BCUT2D eigenvalue weighted by atomic mass is 31.2. The summed E-state index contributed by atoms with van der Waals surface area (Å²) in [7, 11) is 3.04. The zero-order valence-corrected chi connectivity index (χ0v) is 11.1. The van der Waals surface area contributed by atoms with E-state index in [1.54, 1.807) is 0 Å². The van der Waals surface area contributed by atoms with E-state index in [2.05, 4.69) is 0 Å². The van der Waals surface area contributed by atoms with Crippen LogP contribution in [0, 0.1) is 0 Å². The number of aliphatic hydroxyl groups excluding tert-OH is 2. The van der Waals surface area contributed by atoms with E-state index in [4.69, 9.17) is 36.4 Å². The molecule has 0 aromatic heterocycles. The third kappa shape index (κ3) is 4.62. The zero-order valence-electron chi connectivity index (χ0n) is 10.2. The monoisotopic (exact) mass is 280 g/mol. The number of hydrogen-bond acceptors (Lipinski definition) is 7. The molecule has 0 bridgehead atoms. The molecule has 4 unspecified atom stereocenters. The average Bonchev–Trinajstić information content (AvgIpc) is 2.69. The molecule has 2 radical (unpaired) electrons. The lowest BCUT2D eigenvalue weighted by Crippen LogP contribution is -2.27. The minimum atomic E-state index is -3.71. The van der Waals surface area contributed by atoms with Crippen LogP contribution >= 0.6 is 7.82 Å². The Balaban J connectivity index is 2.53. The lowest BCUT2D eigenvalue weighted by molar-refractivity contribution is -0.00983. The van der Waals surface area contributed by atoms with Gasteiger partial charge in [-0.1, -0.05) is 0 Å². The molecule has 0 aromatic carbocycles. The minimum absolute atomic E-state index is 0.0467. The fourth-order valence-corrected chi connectivity index (χ4v) is 2.71. The number of rotatable bonds is 8. The topological polar surface area (TPSA) is 94.5 Å². The number of hydrogen-bond donors (Lipinski definition) is 2. The van der Waals surface area contributed by atoms with Crippen LogP contribution < -0.4 is 0 Å². The lowest BCUT2D eigenvalue weighted by atomic mass is 9.96. The van der Waals surface area contributed by atoms with E-state index >= 15 is 0 Å². The van der Waals surface area contributed by atoms with Crippen LogP contribution in [0.25, 0.3) is 0 Å². The largest absolute Gasteiger partial charge is 0.474 e. The molecular formula is C9H18BO7P. The molecule has 1 rings (SSSR count). The quantitative estimate of drug-likeness (QED) is 0.361. The van der Waals surface area contributed by atoms with Crippen molar-refractivity contribution in [1.29, 1.82) is 0 Å². The van der Waals surface area contributed by atoms with Crippen molar-refractivity contribution in [2.45, 2.75) is 31.1 Å². The lowest BCUT2D eigenvalue weighted by Gasteiger charge is -2.22. The van der Waals surface area contributed by atoms with Gasteiger partial charge in [0, 0.05) is 19.7 Å². The van der Waals surface area contributed by atoms with Gasteiger partial charge in [-0.15, -0.1) is 0 Å². The summed E-state index contributed by atoms with van der Waals surface area (Å²) in [6.07, 6.45) is -0.683. The van der Waals surface area contributed by atoms with Crippen molar-refractivity contribution in [1.82, 2.24) is 0 Å². The molecule has 1 aliphatic heterocycles. The van der Waals surface area contributed by atoms with Crippen LogP contribution in [-0.4, -0.2) is 63.2 Å². The van der Waals surface area contributed by atoms with Crippen molar-refractivity contribution in [3.05, 3.63) is 0 Å². The standard InChI is InChI=1S/C9H18BO7P/c1-14-18(13,15-4-2-3-11)17-7-5-9(10)16-8(7)6-12/h7-9,11-12H,2-6H2,1H3. The second-order valence-electron chi connectivity index (χ2n) is 3.82. The first-order chi connectivity index (χ1) is 8.54. The van der Waals surface area contributed by atoms with Gasteiger partial charge < -0.3 is 14.9 Å². The maximum absolute atomic E-state index is 12.1. The molecule has 18 heavy (non-hydrogen) atoms. The van der Waals surface area contributed by atoms with Crippen molar-refractivity contribution in [2.24, 2.45) is 0 Å². The highest BCUT2D eigenvalue weighted by Crippen LogP contribution is 2.51. The first-order valence-corrected chi connectivity index (χ1v) is 7.12. The minimum Gasteiger partial charge on any atom is -0.396 e. The summed E-state index contributed by atoms with van der Waals surface area (Å²) in [4.78, 5) is 0. The Hall–Kier alpha value is 0.0549. The van der Waals surface area contributed by atoms with E-state index in [1.807, 2.05) is 0 Å². The van der Waals surface area contributed by atoms with Crippen LogP contribution in [-0.2, 0) is 22.9 Å². The van der Waals surface area contributed by atoms with Crippen LogP contribution in [0.5, 0.6) is 0 Å². The highest BCUT2D eigenvalue weighted by molar-refractivity contribution is 7.48. The molecule has 9 heteroatoms. The van der Waals surface area contributed by atoms with Gasteiger partial charge in [-0.3, -0.25) is 13.6 Å². The Morgan fingerprint density at radius 2 is 2.22 bits per heavy atom. The number of phosphoric ester groups is 1. The molecule has 0 amide bonds. The summed E-state index contributed by atoms with van der Waals surface area (Å²) in [6, 6.07) is -0.574. The summed E-state index contributed by atoms with van der Waals surface area (Å²) in [6.45, 7) is -0.329. The molecule has 4 atom stereocenters. The molecule has 1 fully saturated rings. The third-order valence-corrected chi connectivity index (χ3v) is 3.92. The Kier molecular flexibility index (Phi) is 6.80. The van der Waals surface area contributed by atoms with Gasteiger partial charge in [-0.05, 0) is 12.8 Å². The average molecular weight is 280 g/mol. The van der Waals surface area contributed by atoms with Crippen LogP contribution in [0.2, 0.25) is 0 Å². The van der Waals surface area contributed by atoms with Gasteiger partial charge in [-0.2, -0.15) is 0 Å². The Morgan fingerprint density at radius 3 is 2.78 bits per heavy atom. The van der Waals surface area contributed by atoms with Gasteiger partial charge in [-0.25, -0.2) is 4.57 Å². The van der Waals surface area contributed by atoms with Crippen LogP contribution in [0.15, 0.2) is 0 Å². The van der Waals surface area contributed by atoms with E-state index in [0.717, 1.165) is 0 Å². The maximum Gasteiger partial charge on any atom is 0.474 e. The van der Waals surface area contributed by atoms with Gasteiger partial charge in [0.2, 0.25) is 0 Å². The van der Waals surface area contributed by atoms with Gasteiger partial charge in [0.15, 0.2) is 0 Å². The van der Waals surface area contributed by atoms with E-state index < -0.39 is 26.0 Å². The SMILES string of the molecule is [B]C1CC(OP(=O)(OC)OCCCO)C(CO)O1. The van der Waals surface area contributed by atoms with Crippen molar-refractivity contribution in [2.75, 3.05) is 26.9 Å². The van der Waals surface area contributed by atoms with Crippen LogP contribution in [0.3, 0.4) is 0 Å². The summed E-state index contributed by atoms with van der Waals surface area (Å²) >= 11 is 0. The third-order valence-electron chi connectivity index (χ3n) is 2.45. The fraction of sp³-hybridized carbons (Fsp3) is 1.00. The summed E-state index contributed by atoms with van der Waals surface area (Å²) < 4.78 is 32.2.